The van der Waals surface area contributed by atoms with E-state index < -0.39 is 49.9 Å². The summed E-state index contributed by atoms with van der Waals surface area (Å²) in [4.78, 5) is 25.9. The van der Waals surface area contributed by atoms with Gasteiger partial charge in [0.15, 0.2) is 23.2 Å². The lowest BCUT2D eigenvalue weighted by atomic mass is 9.89. The minimum atomic E-state index is -4.43. The van der Waals surface area contributed by atoms with E-state index in [0.717, 1.165) is 25.7 Å². The summed E-state index contributed by atoms with van der Waals surface area (Å²) >= 11 is 12.5. The summed E-state index contributed by atoms with van der Waals surface area (Å²) in [6.07, 6.45) is 0.990. The van der Waals surface area contributed by atoms with Gasteiger partial charge in [0.1, 0.15) is 29.1 Å². The Balaban J connectivity index is 1.35. The zero-order valence-corrected chi connectivity index (χ0v) is 29.4. The lowest BCUT2D eigenvalue weighted by Crippen LogP contribution is -2.48. The molecule has 16 nitrogen and oxygen atoms in total. The first kappa shape index (κ1) is 36.5. The van der Waals surface area contributed by atoms with Crippen LogP contribution in [0, 0.1) is 5.92 Å². The van der Waals surface area contributed by atoms with E-state index in [9.17, 15) is 19.6 Å². The van der Waals surface area contributed by atoms with Gasteiger partial charge in [0.2, 0.25) is 5.95 Å². The standard InChI is InChI=1S/C29H41Cl2N8O8P/c1-28(2,26(41)44-13-16-7-5-6-8-19(16)31)37-48(43,47-18-11-9-17(30)10-12-18)45-14-20-22(40)29(3,42)25(46-20)39-15-34-21-23(38(4)33)35-27(32)36-24(21)39/h9-12,15-16,19-20,22,25,40,42H,5-8,13-14,33H2,1-4H3,(H,37,43)(H2,32,35,36)/t16?,19?,20?,22-,25?,29-,48?/m1/s1. The van der Waals surface area contributed by atoms with Crippen LogP contribution in [0.5, 0.6) is 5.75 Å². The van der Waals surface area contributed by atoms with Gasteiger partial charge in [-0.3, -0.25) is 18.9 Å². The molecule has 1 saturated carbocycles. The molecule has 3 heterocycles. The number of carbonyl (C=O) groups excluding carboxylic acids is 1. The lowest BCUT2D eigenvalue weighted by Gasteiger charge is -2.31. The lowest BCUT2D eigenvalue weighted by molar-refractivity contribution is -0.151. The van der Waals surface area contributed by atoms with Crippen molar-refractivity contribution in [1.29, 1.82) is 0 Å². The molecule has 0 spiro atoms. The molecule has 264 valence electrons. The van der Waals surface area contributed by atoms with Crippen molar-refractivity contribution in [3.63, 3.8) is 0 Å². The second kappa shape index (κ2) is 14.2. The van der Waals surface area contributed by atoms with Gasteiger partial charge >= 0.3 is 13.7 Å². The quantitative estimate of drug-likeness (QED) is 0.0593. The largest absolute Gasteiger partial charge is 0.464 e. The molecule has 0 bridgehead atoms. The number of hydrogen-bond donors (Lipinski definition) is 5. The summed E-state index contributed by atoms with van der Waals surface area (Å²) in [6.45, 7) is 3.87. The number of hydrogen-bond acceptors (Lipinski definition) is 14. The molecule has 1 saturated heterocycles. The maximum atomic E-state index is 14.3. The predicted molar refractivity (Wildman–Crippen MR) is 178 cm³/mol. The number of aliphatic hydroxyl groups excluding tert-OH is 1. The van der Waals surface area contributed by atoms with E-state index in [4.69, 9.17) is 53.3 Å². The van der Waals surface area contributed by atoms with Gasteiger partial charge in [-0.05, 0) is 57.9 Å². The van der Waals surface area contributed by atoms with Gasteiger partial charge in [0, 0.05) is 23.4 Å². The first-order valence-electron chi connectivity index (χ1n) is 15.4. The van der Waals surface area contributed by atoms with Crippen molar-refractivity contribution in [2.45, 2.75) is 81.4 Å². The Bertz CT molecular complexity index is 1660. The molecular formula is C29H41Cl2N8O8P. The van der Waals surface area contributed by atoms with E-state index in [1.54, 1.807) is 7.05 Å². The highest BCUT2D eigenvalue weighted by molar-refractivity contribution is 7.52. The number of aliphatic hydroxyl groups is 2. The van der Waals surface area contributed by atoms with Crippen LogP contribution < -0.4 is 26.2 Å². The van der Waals surface area contributed by atoms with E-state index in [1.807, 2.05) is 0 Å². The zero-order valence-electron chi connectivity index (χ0n) is 27.0. The molecule has 2 aliphatic rings. The number of anilines is 2. The van der Waals surface area contributed by atoms with Gasteiger partial charge in [0.25, 0.3) is 0 Å². The van der Waals surface area contributed by atoms with Crippen molar-refractivity contribution in [3.05, 3.63) is 35.6 Å². The number of esters is 1. The number of fused-ring (bicyclic) bond motifs is 1. The first-order valence-corrected chi connectivity index (χ1v) is 17.7. The molecule has 2 aromatic heterocycles. The van der Waals surface area contributed by atoms with Crippen LogP contribution in [0.4, 0.5) is 11.8 Å². The normalized spacial score (nSPS) is 27.5. The Morgan fingerprint density at radius 2 is 1.94 bits per heavy atom. The molecule has 48 heavy (non-hydrogen) atoms. The number of hydrazine groups is 1. The van der Waals surface area contributed by atoms with Gasteiger partial charge in [-0.2, -0.15) is 15.1 Å². The fraction of sp³-hybridized carbons (Fsp3) is 0.586. The summed E-state index contributed by atoms with van der Waals surface area (Å²) in [5, 5.41) is 26.8. The highest BCUT2D eigenvalue weighted by Gasteiger charge is 2.54. The van der Waals surface area contributed by atoms with Crippen LogP contribution in [0.15, 0.2) is 30.6 Å². The molecule has 7 atom stereocenters. The summed E-state index contributed by atoms with van der Waals surface area (Å²) in [6, 6.07) is 6.00. The van der Waals surface area contributed by atoms with Crippen LogP contribution in [-0.2, 0) is 23.4 Å². The Kier molecular flexibility index (Phi) is 10.8. The average Bonchev–Trinajstić information content (AvgIpc) is 3.52. The first-order chi connectivity index (χ1) is 22.5. The van der Waals surface area contributed by atoms with E-state index >= 15 is 0 Å². The van der Waals surface area contributed by atoms with Crippen LogP contribution in [-0.4, -0.2) is 84.7 Å². The minimum Gasteiger partial charge on any atom is -0.464 e. The number of carbonyl (C=O) groups is 1. The van der Waals surface area contributed by atoms with E-state index in [0.29, 0.717) is 5.02 Å². The Morgan fingerprint density at radius 1 is 1.25 bits per heavy atom. The highest BCUT2D eigenvalue weighted by atomic mass is 35.5. The summed E-state index contributed by atoms with van der Waals surface area (Å²) in [5.74, 6) is 5.43. The van der Waals surface area contributed by atoms with Crippen molar-refractivity contribution in [1.82, 2.24) is 24.6 Å². The highest BCUT2D eigenvalue weighted by Crippen LogP contribution is 2.48. The van der Waals surface area contributed by atoms with Crippen molar-refractivity contribution in [2.24, 2.45) is 11.8 Å². The number of benzene rings is 1. The number of imidazole rings is 1. The SMILES string of the molecule is CN(N)c1nc(N)nc2c1ncn2C1OC(COP(=O)(NC(C)(C)C(=O)OCC2CCCCC2Cl)Oc2ccc(Cl)cc2)[C@@H](O)[C@@]1(C)O. The third-order valence-electron chi connectivity index (χ3n) is 8.38. The Labute approximate surface area is 287 Å². The molecule has 2 fully saturated rings. The fourth-order valence-electron chi connectivity index (χ4n) is 5.70. The van der Waals surface area contributed by atoms with Crippen LogP contribution in [0.25, 0.3) is 11.2 Å². The Hall–Kier alpha value is -2.79. The fourth-order valence-corrected chi connectivity index (χ4v) is 7.86. The number of halogens is 2. The molecule has 5 rings (SSSR count). The van der Waals surface area contributed by atoms with Crippen LogP contribution in [0.2, 0.25) is 5.02 Å². The number of nitrogens with two attached hydrogens (primary N) is 2. The molecule has 5 unspecified atom stereocenters. The van der Waals surface area contributed by atoms with Crippen LogP contribution in [0.3, 0.4) is 0 Å². The molecule has 19 heteroatoms. The summed E-state index contributed by atoms with van der Waals surface area (Å²) in [5.41, 5.74) is 2.86. The molecule has 0 amide bonds. The van der Waals surface area contributed by atoms with E-state index in [-0.39, 0.29) is 46.6 Å². The van der Waals surface area contributed by atoms with Gasteiger partial charge in [-0.15, -0.1) is 11.6 Å². The molecule has 7 N–H and O–H groups in total. The predicted octanol–water partition coefficient (Wildman–Crippen LogP) is 3.29. The van der Waals surface area contributed by atoms with Gasteiger partial charge in [-0.1, -0.05) is 24.4 Å². The molecule has 3 aromatic rings. The van der Waals surface area contributed by atoms with Crippen molar-refractivity contribution in [3.8, 4) is 5.75 Å². The third-order valence-corrected chi connectivity index (χ3v) is 11.0. The maximum Gasteiger partial charge on any atom is 0.459 e. The van der Waals surface area contributed by atoms with Crippen molar-refractivity contribution in [2.75, 3.05) is 31.0 Å². The third kappa shape index (κ3) is 7.82. The van der Waals surface area contributed by atoms with Gasteiger partial charge in [0.05, 0.1) is 19.5 Å². The van der Waals surface area contributed by atoms with E-state index in [1.165, 1.54) is 60.9 Å². The molecule has 1 aromatic carbocycles. The minimum absolute atomic E-state index is 0.00797. The summed E-state index contributed by atoms with van der Waals surface area (Å²) < 4.78 is 38.9. The second-order valence-electron chi connectivity index (χ2n) is 12.8. The number of rotatable bonds is 12. The van der Waals surface area contributed by atoms with Gasteiger partial charge < -0.3 is 29.9 Å². The average molecular weight is 732 g/mol. The van der Waals surface area contributed by atoms with Gasteiger partial charge in [-0.25, -0.2) is 15.4 Å². The number of alkyl halides is 1. The second-order valence-corrected chi connectivity index (χ2v) is 15.4. The topological polar surface area (TPSA) is 222 Å². The number of aromatic nitrogens is 4. The summed E-state index contributed by atoms with van der Waals surface area (Å²) in [7, 11) is -2.89. The molecule has 0 radical (unpaired) electrons. The molecule has 1 aliphatic carbocycles. The van der Waals surface area contributed by atoms with Crippen LogP contribution in [0.1, 0.15) is 52.7 Å². The zero-order chi connectivity index (χ0) is 35.0. The Morgan fingerprint density at radius 3 is 2.60 bits per heavy atom. The number of nitrogens with zero attached hydrogens (tertiary/aromatic N) is 5. The van der Waals surface area contributed by atoms with Crippen LogP contribution >= 0.6 is 30.9 Å². The maximum absolute atomic E-state index is 14.3. The molecule has 1 aliphatic heterocycles. The number of nitrogens with one attached hydrogen (secondary N) is 1. The smallest absolute Gasteiger partial charge is 0.459 e. The van der Waals surface area contributed by atoms with Crippen molar-refractivity contribution < 1.29 is 38.1 Å². The van der Waals surface area contributed by atoms with Crippen molar-refractivity contribution >= 4 is 59.8 Å². The number of nitrogen functional groups attached to an aromatic ring is 1. The molecular weight excluding hydrogens is 690 g/mol. The van der Waals surface area contributed by atoms with E-state index in [2.05, 4.69) is 20.0 Å². The monoisotopic (exact) mass is 730 g/mol. The number of ether oxygens (including phenoxy) is 2.